The molecule has 31 heavy (non-hydrogen) atoms. The van der Waals surface area contributed by atoms with Gasteiger partial charge < -0.3 is 15.6 Å². The lowest BCUT2D eigenvalue weighted by atomic mass is 10.1. The standard InChI is InChI=1S/C22H24F3N3O3/c1-21(2,20(29)30)31-17-12-6-14(7-13-17)4-3-5-18(26)28-19(27)15-8-10-16(11-9-15)22(23,24)25/h6-13H,3-5H2,1-2H3,(H,29,30)(H3,26,27,28). The largest absolute Gasteiger partial charge is 0.478 e. The average molecular weight is 435 g/mol. The lowest BCUT2D eigenvalue weighted by molar-refractivity contribution is -0.152. The Morgan fingerprint density at radius 2 is 1.68 bits per heavy atom. The van der Waals surface area contributed by atoms with Crippen LogP contribution in [0.25, 0.3) is 0 Å². The van der Waals surface area contributed by atoms with Crippen molar-refractivity contribution in [2.75, 3.05) is 0 Å². The van der Waals surface area contributed by atoms with Gasteiger partial charge in [0.15, 0.2) is 11.4 Å². The molecule has 0 aromatic heterocycles. The first-order valence-electron chi connectivity index (χ1n) is 9.49. The highest BCUT2D eigenvalue weighted by atomic mass is 19.4. The summed E-state index contributed by atoms with van der Waals surface area (Å²) in [5.41, 5.74) is 4.97. The number of hydrogen-bond donors (Lipinski definition) is 3. The van der Waals surface area contributed by atoms with Crippen LogP contribution in [0, 0.1) is 5.41 Å². The molecule has 0 bridgehead atoms. The van der Waals surface area contributed by atoms with Crippen molar-refractivity contribution in [3.05, 3.63) is 65.2 Å². The van der Waals surface area contributed by atoms with Crippen LogP contribution >= 0.6 is 0 Å². The van der Waals surface area contributed by atoms with E-state index in [0.717, 1.165) is 17.7 Å². The maximum absolute atomic E-state index is 12.6. The minimum Gasteiger partial charge on any atom is -0.478 e. The molecule has 0 spiro atoms. The Morgan fingerprint density at radius 1 is 1.10 bits per heavy atom. The maximum atomic E-state index is 12.6. The number of carboxylic acid groups (broad SMARTS) is 1. The van der Waals surface area contributed by atoms with Crippen molar-refractivity contribution in [1.82, 2.24) is 0 Å². The van der Waals surface area contributed by atoms with E-state index in [1.54, 1.807) is 12.1 Å². The highest BCUT2D eigenvalue weighted by Crippen LogP contribution is 2.29. The molecule has 0 aliphatic rings. The van der Waals surface area contributed by atoms with E-state index >= 15 is 0 Å². The number of carbonyl (C=O) groups is 1. The van der Waals surface area contributed by atoms with Crippen LogP contribution < -0.4 is 10.5 Å². The van der Waals surface area contributed by atoms with E-state index in [4.69, 9.17) is 21.0 Å². The van der Waals surface area contributed by atoms with Crippen molar-refractivity contribution in [2.45, 2.75) is 44.9 Å². The number of benzene rings is 2. The Labute approximate surface area is 178 Å². The fourth-order valence-corrected chi connectivity index (χ4v) is 2.62. The maximum Gasteiger partial charge on any atom is 0.416 e. The summed E-state index contributed by atoms with van der Waals surface area (Å²) in [5.74, 6) is -0.600. The van der Waals surface area contributed by atoms with Crippen molar-refractivity contribution in [3.8, 4) is 5.75 Å². The SMILES string of the molecule is CC(C)(Oc1ccc(CCCC(N)=NC(=N)c2ccc(C(F)(F)F)cc2)cc1)C(=O)O. The molecule has 0 saturated carbocycles. The zero-order chi connectivity index (χ0) is 23.2. The van der Waals surface area contributed by atoms with Crippen molar-refractivity contribution < 1.29 is 27.8 Å². The second-order valence-electron chi connectivity index (χ2n) is 7.44. The molecule has 2 rings (SSSR count). The fraction of sp³-hybridized carbons (Fsp3) is 0.318. The van der Waals surface area contributed by atoms with E-state index in [2.05, 4.69) is 4.99 Å². The minimum absolute atomic E-state index is 0.200. The van der Waals surface area contributed by atoms with Gasteiger partial charge in [-0.1, -0.05) is 24.3 Å². The molecule has 0 heterocycles. The number of aryl methyl sites for hydroxylation is 1. The highest BCUT2D eigenvalue weighted by Gasteiger charge is 2.30. The van der Waals surface area contributed by atoms with Crippen LogP contribution in [0.2, 0.25) is 0 Å². The Hall–Kier alpha value is -3.36. The Kier molecular flexibility index (Phi) is 7.43. The number of ether oxygens (including phenoxy) is 1. The van der Waals surface area contributed by atoms with Crippen LogP contribution in [0.4, 0.5) is 13.2 Å². The number of alkyl halides is 3. The lowest BCUT2D eigenvalue weighted by Gasteiger charge is -2.21. The van der Waals surface area contributed by atoms with Gasteiger partial charge in [0.1, 0.15) is 11.6 Å². The molecule has 0 atom stereocenters. The topological polar surface area (TPSA) is 109 Å². The predicted molar refractivity (Wildman–Crippen MR) is 112 cm³/mol. The normalized spacial score (nSPS) is 12.5. The third-order valence-electron chi connectivity index (χ3n) is 4.45. The van der Waals surface area contributed by atoms with E-state index in [0.29, 0.717) is 25.0 Å². The summed E-state index contributed by atoms with van der Waals surface area (Å²) in [6.45, 7) is 2.93. The van der Waals surface area contributed by atoms with Crippen LogP contribution in [-0.4, -0.2) is 28.3 Å². The number of hydrogen-bond acceptors (Lipinski definition) is 3. The van der Waals surface area contributed by atoms with Crippen LogP contribution in [0.15, 0.2) is 53.5 Å². The van der Waals surface area contributed by atoms with Crippen LogP contribution in [0.3, 0.4) is 0 Å². The molecule has 0 amide bonds. The first-order valence-corrected chi connectivity index (χ1v) is 9.49. The van der Waals surface area contributed by atoms with E-state index in [9.17, 15) is 18.0 Å². The fourth-order valence-electron chi connectivity index (χ4n) is 2.62. The summed E-state index contributed by atoms with van der Waals surface area (Å²) in [6.07, 6.45) is -2.70. The minimum atomic E-state index is -4.43. The summed E-state index contributed by atoms with van der Waals surface area (Å²) < 4.78 is 43.3. The molecule has 9 heteroatoms. The molecule has 0 radical (unpaired) electrons. The van der Waals surface area contributed by atoms with Crippen molar-refractivity contribution in [3.63, 3.8) is 0 Å². The van der Waals surface area contributed by atoms with Gasteiger partial charge in [-0.25, -0.2) is 9.79 Å². The lowest BCUT2D eigenvalue weighted by Crippen LogP contribution is -2.37. The Morgan fingerprint density at radius 3 is 2.19 bits per heavy atom. The second-order valence-corrected chi connectivity index (χ2v) is 7.44. The molecule has 2 aromatic rings. The van der Waals surface area contributed by atoms with Crippen LogP contribution in [0.5, 0.6) is 5.75 Å². The highest BCUT2D eigenvalue weighted by molar-refractivity contribution is 6.04. The molecule has 0 aliphatic heterocycles. The van der Waals surface area contributed by atoms with Crippen molar-refractivity contribution >= 4 is 17.6 Å². The zero-order valence-corrected chi connectivity index (χ0v) is 17.2. The zero-order valence-electron chi connectivity index (χ0n) is 17.2. The van der Waals surface area contributed by atoms with E-state index in [1.807, 2.05) is 12.1 Å². The smallest absolute Gasteiger partial charge is 0.416 e. The van der Waals surface area contributed by atoms with Gasteiger partial charge in [0.25, 0.3) is 0 Å². The molecular weight excluding hydrogens is 411 g/mol. The third-order valence-corrected chi connectivity index (χ3v) is 4.45. The van der Waals surface area contributed by atoms with Crippen molar-refractivity contribution in [1.29, 1.82) is 5.41 Å². The molecule has 0 aliphatic carbocycles. The van der Waals surface area contributed by atoms with Crippen LogP contribution in [0.1, 0.15) is 43.4 Å². The number of nitrogens with zero attached hydrogens (tertiary/aromatic N) is 1. The number of nitrogens with one attached hydrogen (secondary N) is 1. The first-order chi connectivity index (χ1) is 14.4. The molecular formula is C22H24F3N3O3. The number of carboxylic acids is 1. The molecule has 2 aromatic carbocycles. The van der Waals surface area contributed by atoms with Gasteiger partial charge >= 0.3 is 12.1 Å². The molecule has 0 saturated heterocycles. The van der Waals surface area contributed by atoms with Gasteiger partial charge in [0, 0.05) is 12.0 Å². The molecule has 166 valence electrons. The van der Waals surface area contributed by atoms with Crippen molar-refractivity contribution in [2.24, 2.45) is 10.7 Å². The Balaban J connectivity index is 1.87. The molecule has 6 nitrogen and oxygen atoms in total. The average Bonchev–Trinajstić information content (AvgIpc) is 2.68. The van der Waals surface area contributed by atoms with Gasteiger partial charge in [-0.3, -0.25) is 5.41 Å². The molecule has 0 unspecified atom stereocenters. The van der Waals surface area contributed by atoms with Gasteiger partial charge in [-0.15, -0.1) is 0 Å². The second kappa shape index (κ2) is 9.63. The number of amidine groups is 2. The van der Waals surface area contributed by atoms with E-state index < -0.39 is 23.3 Å². The number of halogens is 3. The number of rotatable bonds is 8. The Bertz CT molecular complexity index is 951. The van der Waals surface area contributed by atoms with Gasteiger partial charge in [-0.2, -0.15) is 13.2 Å². The summed E-state index contributed by atoms with van der Waals surface area (Å²) in [4.78, 5) is 15.1. The molecule has 0 fully saturated rings. The van der Waals surface area contributed by atoms with Gasteiger partial charge in [-0.05, 0) is 56.5 Å². The number of aliphatic imine (C=N–C) groups is 1. The van der Waals surface area contributed by atoms with Crippen LogP contribution in [-0.2, 0) is 17.4 Å². The van der Waals surface area contributed by atoms with E-state index in [-0.39, 0.29) is 17.2 Å². The summed E-state index contributed by atoms with van der Waals surface area (Å²) >= 11 is 0. The summed E-state index contributed by atoms with van der Waals surface area (Å²) in [6, 6.07) is 11.2. The monoisotopic (exact) mass is 435 g/mol. The van der Waals surface area contributed by atoms with Gasteiger partial charge in [0.2, 0.25) is 0 Å². The van der Waals surface area contributed by atoms with E-state index in [1.165, 1.54) is 26.0 Å². The third kappa shape index (κ3) is 7.13. The summed E-state index contributed by atoms with van der Waals surface area (Å²) in [7, 11) is 0. The predicted octanol–water partition coefficient (Wildman–Crippen LogP) is 4.65. The summed E-state index contributed by atoms with van der Waals surface area (Å²) in [5, 5.41) is 17.0. The number of aliphatic carboxylic acids is 1. The quantitative estimate of drug-likeness (QED) is 0.414. The molecule has 4 N–H and O–H groups in total. The number of nitrogens with two attached hydrogens (primary N) is 1. The first kappa shape index (κ1) is 23.9. The van der Waals surface area contributed by atoms with Gasteiger partial charge in [0.05, 0.1) is 5.56 Å².